The molecule has 2 atom stereocenters. The minimum Gasteiger partial charge on any atom is -0.378 e. The van der Waals surface area contributed by atoms with Gasteiger partial charge in [-0.15, -0.1) is 0 Å². The highest BCUT2D eigenvalue weighted by Gasteiger charge is 2.23. The van der Waals surface area contributed by atoms with Gasteiger partial charge in [-0.25, -0.2) is 0 Å². The molecule has 0 radical (unpaired) electrons. The van der Waals surface area contributed by atoms with Crippen molar-refractivity contribution in [3.8, 4) is 0 Å². The molecule has 4 heteroatoms. The van der Waals surface area contributed by atoms with E-state index < -0.39 is 0 Å². The predicted molar refractivity (Wildman–Crippen MR) is 55.7 cm³/mol. The molecule has 0 aromatic carbocycles. The second-order valence-electron chi connectivity index (χ2n) is 3.85. The number of aliphatic hydroxyl groups is 2. The molecule has 2 N–H and O–H groups in total. The van der Waals surface area contributed by atoms with Crippen LogP contribution in [-0.2, 0) is 0 Å². The minimum atomic E-state index is -0.309. The molecule has 1 heterocycles. The highest BCUT2D eigenvalue weighted by Crippen LogP contribution is 2.10. The molecule has 4 nitrogen and oxygen atoms in total. The van der Waals surface area contributed by atoms with Crippen LogP contribution in [0, 0.1) is 0 Å². The molecule has 0 aromatic rings. The Morgan fingerprint density at radius 2 is 1.14 bits per heavy atom. The summed E-state index contributed by atoms with van der Waals surface area (Å²) in [6, 6.07) is 0. The van der Waals surface area contributed by atoms with Crippen LogP contribution < -0.4 is 0 Å². The fourth-order valence-corrected chi connectivity index (χ4v) is 1.85. The molecule has 0 spiro atoms. The maximum Gasteiger partial charge on any atom is 0.107 e. The SMILES string of the molecule is CC[C@H](O)N1CCN([C@@H](O)CC)CC1. The van der Waals surface area contributed by atoms with Gasteiger partial charge in [0.2, 0.25) is 0 Å². The number of rotatable bonds is 4. The molecule has 0 bridgehead atoms. The van der Waals surface area contributed by atoms with E-state index in [2.05, 4.69) is 9.80 Å². The van der Waals surface area contributed by atoms with Crippen LogP contribution in [0.15, 0.2) is 0 Å². The van der Waals surface area contributed by atoms with E-state index in [1.165, 1.54) is 0 Å². The van der Waals surface area contributed by atoms with Gasteiger partial charge in [-0.05, 0) is 12.8 Å². The van der Waals surface area contributed by atoms with Gasteiger partial charge in [0.15, 0.2) is 0 Å². The van der Waals surface area contributed by atoms with Crippen molar-refractivity contribution in [2.75, 3.05) is 26.2 Å². The van der Waals surface area contributed by atoms with E-state index in [1.807, 2.05) is 13.8 Å². The molecule has 84 valence electrons. The summed E-state index contributed by atoms with van der Waals surface area (Å²) in [6.07, 6.45) is 0.930. The molecule has 0 amide bonds. The Bertz CT molecular complexity index is 140. The lowest BCUT2D eigenvalue weighted by Gasteiger charge is -2.38. The zero-order valence-electron chi connectivity index (χ0n) is 9.19. The van der Waals surface area contributed by atoms with Crippen molar-refractivity contribution in [3.05, 3.63) is 0 Å². The van der Waals surface area contributed by atoms with Crippen LogP contribution >= 0.6 is 0 Å². The van der Waals surface area contributed by atoms with E-state index in [4.69, 9.17) is 0 Å². The van der Waals surface area contributed by atoms with Crippen LogP contribution in [0.1, 0.15) is 26.7 Å². The fraction of sp³-hybridized carbons (Fsp3) is 1.00. The quantitative estimate of drug-likeness (QED) is 0.677. The largest absolute Gasteiger partial charge is 0.378 e. The van der Waals surface area contributed by atoms with E-state index in [0.717, 1.165) is 39.0 Å². The van der Waals surface area contributed by atoms with E-state index >= 15 is 0 Å². The van der Waals surface area contributed by atoms with Crippen LogP contribution in [0.2, 0.25) is 0 Å². The first-order valence-corrected chi connectivity index (χ1v) is 5.53. The highest BCUT2D eigenvalue weighted by atomic mass is 16.3. The number of hydrogen-bond acceptors (Lipinski definition) is 4. The Morgan fingerprint density at radius 3 is 1.36 bits per heavy atom. The molecular weight excluding hydrogens is 180 g/mol. The van der Waals surface area contributed by atoms with Gasteiger partial charge in [-0.2, -0.15) is 0 Å². The van der Waals surface area contributed by atoms with E-state index in [9.17, 15) is 10.2 Å². The third-order valence-corrected chi connectivity index (χ3v) is 2.92. The second kappa shape index (κ2) is 5.66. The van der Waals surface area contributed by atoms with Crippen LogP contribution in [0.25, 0.3) is 0 Å². The normalized spacial score (nSPS) is 24.9. The first-order valence-electron chi connectivity index (χ1n) is 5.53. The Hall–Kier alpha value is -0.160. The summed E-state index contributed by atoms with van der Waals surface area (Å²) >= 11 is 0. The summed E-state index contributed by atoms with van der Waals surface area (Å²) in [5.74, 6) is 0. The van der Waals surface area contributed by atoms with Crippen molar-refractivity contribution in [3.63, 3.8) is 0 Å². The number of nitrogens with zero attached hydrogens (tertiary/aromatic N) is 2. The van der Waals surface area contributed by atoms with Crippen LogP contribution in [0.3, 0.4) is 0 Å². The third-order valence-electron chi connectivity index (χ3n) is 2.92. The average molecular weight is 202 g/mol. The summed E-state index contributed by atoms with van der Waals surface area (Å²) in [5, 5.41) is 19.2. The summed E-state index contributed by atoms with van der Waals surface area (Å²) in [6.45, 7) is 7.38. The Kier molecular flexibility index (Phi) is 4.81. The smallest absolute Gasteiger partial charge is 0.107 e. The zero-order valence-corrected chi connectivity index (χ0v) is 9.19. The minimum absolute atomic E-state index is 0.309. The van der Waals surface area contributed by atoms with E-state index in [-0.39, 0.29) is 12.5 Å². The molecular formula is C10H22N2O2. The molecule has 1 rings (SSSR count). The number of piperazine rings is 1. The maximum atomic E-state index is 9.61. The van der Waals surface area contributed by atoms with Crippen LogP contribution in [0.5, 0.6) is 0 Å². The lowest BCUT2D eigenvalue weighted by atomic mass is 10.2. The van der Waals surface area contributed by atoms with Gasteiger partial charge < -0.3 is 10.2 Å². The molecule has 0 aliphatic carbocycles. The van der Waals surface area contributed by atoms with E-state index in [1.54, 1.807) is 0 Å². The average Bonchev–Trinajstić information content (AvgIpc) is 2.27. The zero-order chi connectivity index (χ0) is 10.6. The monoisotopic (exact) mass is 202 g/mol. The first kappa shape index (κ1) is 11.9. The van der Waals surface area contributed by atoms with Gasteiger partial charge in [0.05, 0.1) is 0 Å². The fourth-order valence-electron chi connectivity index (χ4n) is 1.85. The Balaban J connectivity index is 2.31. The second-order valence-corrected chi connectivity index (χ2v) is 3.85. The molecule has 0 saturated carbocycles. The molecule has 1 aliphatic rings. The van der Waals surface area contributed by atoms with Gasteiger partial charge in [0, 0.05) is 26.2 Å². The van der Waals surface area contributed by atoms with Gasteiger partial charge >= 0.3 is 0 Å². The lowest BCUT2D eigenvalue weighted by Crippen LogP contribution is -2.52. The standard InChI is InChI=1S/C10H22N2O2/c1-3-9(13)11-5-7-12(8-6-11)10(14)4-2/h9-10,13-14H,3-8H2,1-2H3/t9-,10-/m0/s1. The number of aliphatic hydroxyl groups excluding tert-OH is 2. The molecule has 1 saturated heterocycles. The van der Waals surface area contributed by atoms with Crippen molar-refractivity contribution in [2.24, 2.45) is 0 Å². The van der Waals surface area contributed by atoms with Crippen LogP contribution in [0.4, 0.5) is 0 Å². The summed E-state index contributed by atoms with van der Waals surface area (Å²) in [4.78, 5) is 4.14. The van der Waals surface area contributed by atoms with Gasteiger partial charge in [0.25, 0.3) is 0 Å². The Labute approximate surface area is 86.1 Å². The first-order chi connectivity index (χ1) is 6.69. The maximum absolute atomic E-state index is 9.61. The van der Waals surface area contributed by atoms with Gasteiger partial charge in [0.1, 0.15) is 12.5 Å². The molecule has 0 unspecified atom stereocenters. The Morgan fingerprint density at radius 1 is 0.857 bits per heavy atom. The lowest BCUT2D eigenvalue weighted by molar-refractivity contribution is -0.0704. The van der Waals surface area contributed by atoms with Gasteiger partial charge in [-0.3, -0.25) is 9.80 Å². The molecule has 0 aromatic heterocycles. The van der Waals surface area contributed by atoms with E-state index in [0.29, 0.717) is 0 Å². The third kappa shape index (κ3) is 2.92. The summed E-state index contributed by atoms with van der Waals surface area (Å²) in [7, 11) is 0. The summed E-state index contributed by atoms with van der Waals surface area (Å²) < 4.78 is 0. The van der Waals surface area contributed by atoms with Crippen molar-refractivity contribution in [2.45, 2.75) is 39.1 Å². The van der Waals surface area contributed by atoms with Crippen molar-refractivity contribution < 1.29 is 10.2 Å². The molecule has 1 fully saturated rings. The van der Waals surface area contributed by atoms with Crippen molar-refractivity contribution in [1.29, 1.82) is 0 Å². The molecule has 14 heavy (non-hydrogen) atoms. The summed E-state index contributed by atoms with van der Waals surface area (Å²) in [5.41, 5.74) is 0. The molecule has 1 aliphatic heterocycles. The van der Waals surface area contributed by atoms with Crippen LogP contribution in [-0.4, -0.2) is 58.6 Å². The topological polar surface area (TPSA) is 46.9 Å². The van der Waals surface area contributed by atoms with Crippen molar-refractivity contribution in [1.82, 2.24) is 9.80 Å². The van der Waals surface area contributed by atoms with Crippen molar-refractivity contribution >= 4 is 0 Å². The highest BCUT2D eigenvalue weighted by molar-refractivity contribution is 4.74. The number of hydrogen-bond donors (Lipinski definition) is 2. The van der Waals surface area contributed by atoms with Gasteiger partial charge in [-0.1, -0.05) is 13.8 Å². The predicted octanol–water partition coefficient (Wildman–Crippen LogP) is 0.0608.